The quantitative estimate of drug-likeness (QED) is 0.267. The number of nitrogens with one attached hydrogen (secondary N) is 1. The van der Waals surface area contributed by atoms with Crippen LogP contribution in [0, 0.1) is 0 Å². The summed E-state index contributed by atoms with van der Waals surface area (Å²) < 4.78 is 0. The molecule has 0 unspecified atom stereocenters. The van der Waals surface area contributed by atoms with Gasteiger partial charge in [-0.05, 0) is 6.42 Å². The maximum atomic E-state index is 8.91. The Morgan fingerprint density at radius 3 is 1.62 bits per heavy atom. The van der Waals surface area contributed by atoms with E-state index in [1.54, 1.807) is 0 Å². The first-order chi connectivity index (χ1) is 12.9. The van der Waals surface area contributed by atoms with Crippen molar-refractivity contribution in [2.24, 2.45) is 0 Å². The summed E-state index contributed by atoms with van der Waals surface area (Å²) in [5.41, 5.74) is 1.05. The van der Waals surface area contributed by atoms with Crippen LogP contribution in [0.4, 0.5) is 0 Å². The Bertz CT molecular complexity index is 403. The number of rotatable bonds is 19. The molecule has 1 aromatic heterocycles. The second-order valence-corrected chi connectivity index (χ2v) is 7.88. The molecule has 3 heteroatoms. The minimum atomic E-state index is 0.195. The lowest BCUT2D eigenvalue weighted by molar-refractivity contribution is 0.298. The fraction of sp³-hybridized carbons (Fsp3) is 0.870. The Balaban J connectivity index is 1.75. The highest BCUT2D eigenvalue weighted by Gasteiger charge is 2.00. The molecule has 0 aliphatic rings. The SMILES string of the molecule is CCCCCCCCCCCCCCCCCCc1ncc(CCO)[nH]1. The van der Waals surface area contributed by atoms with Crippen molar-refractivity contribution in [1.82, 2.24) is 9.97 Å². The first kappa shape index (κ1) is 23.2. The fourth-order valence-electron chi connectivity index (χ4n) is 3.62. The molecule has 1 heterocycles. The van der Waals surface area contributed by atoms with E-state index in [-0.39, 0.29) is 6.61 Å². The molecule has 0 spiro atoms. The number of nitrogens with zero attached hydrogens (tertiary/aromatic N) is 1. The number of aromatic amines is 1. The van der Waals surface area contributed by atoms with Crippen molar-refractivity contribution in [3.63, 3.8) is 0 Å². The van der Waals surface area contributed by atoms with Crippen molar-refractivity contribution in [2.45, 2.75) is 122 Å². The Hall–Kier alpha value is -0.830. The van der Waals surface area contributed by atoms with Crippen LogP contribution < -0.4 is 0 Å². The zero-order valence-corrected chi connectivity index (χ0v) is 17.4. The summed E-state index contributed by atoms with van der Waals surface area (Å²) in [5.74, 6) is 1.08. The van der Waals surface area contributed by atoms with Crippen LogP contribution in [0.1, 0.15) is 121 Å². The predicted molar refractivity (Wildman–Crippen MR) is 113 cm³/mol. The topological polar surface area (TPSA) is 48.9 Å². The number of imidazole rings is 1. The van der Waals surface area contributed by atoms with Crippen LogP contribution in [0.25, 0.3) is 0 Å². The first-order valence-electron chi connectivity index (χ1n) is 11.5. The van der Waals surface area contributed by atoms with Gasteiger partial charge in [-0.25, -0.2) is 4.98 Å². The molecular formula is C23H44N2O. The molecule has 26 heavy (non-hydrogen) atoms. The highest BCUT2D eigenvalue weighted by atomic mass is 16.3. The standard InChI is InChI=1S/C23H44N2O/c1-2-3-4-5-6-7-8-9-10-11-12-13-14-15-16-17-18-23-24-21-22(25-23)19-20-26/h21,26H,2-20H2,1H3,(H,24,25). The molecule has 0 aromatic carbocycles. The van der Waals surface area contributed by atoms with Crippen LogP contribution in [0.3, 0.4) is 0 Å². The number of hydrogen-bond acceptors (Lipinski definition) is 2. The van der Waals surface area contributed by atoms with Gasteiger partial charge in [-0.3, -0.25) is 0 Å². The van der Waals surface area contributed by atoms with Crippen molar-refractivity contribution in [1.29, 1.82) is 0 Å². The normalized spacial score (nSPS) is 11.3. The summed E-state index contributed by atoms with van der Waals surface area (Å²) in [6.45, 7) is 2.48. The minimum Gasteiger partial charge on any atom is -0.396 e. The number of aliphatic hydroxyl groups is 1. The largest absolute Gasteiger partial charge is 0.396 e. The van der Waals surface area contributed by atoms with Crippen LogP contribution in [-0.4, -0.2) is 21.7 Å². The summed E-state index contributed by atoms with van der Waals surface area (Å²) >= 11 is 0. The third kappa shape index (κ3) is 13.4. The molecule has 0 saturated carbocycles. The third-order valence-electron chi connectivity index (χ3n) is 5.33. The van der Waals surface area contributed by atoms with Gasteiger partial charge < -0.3 is 10.1 Å². The highest BCUT2D eigenvalue weighted by molar-refractivity contribution is 5.01. The molecule has 0 amide bonds. The summed E-state index contributed by atoms with van der Waals surface area (Å²) in [6.07, 6.45) is 26.1. The van der Waals surface area contributed by atoms with Crippen LogP contribution in [0.5, 0.6) is 0 Å². The smallest absolute Gasteiger partial charge is 0.106 e. The number of aliphatic hydroxyl groups excluding tert-OH is 1. The molecule has 2 N–H and O–H groups in total. The van der Waals surface area contributed by atoms with Gasteiger partial charge in [-0.1, -0.05) is 103 Å². The maximum Gasteiger partial charge on any atom is 0.106 e. The minimum absolute atomic E-state index is 0.195. The van der Waals surface area contributed by atoms with Crippen molar-refractivity contribution < 1.29 is 5.11 Å². The van der Waals surface area contributed by atoms with E-state index in [1.165, 1.54) is 103 Å². The molecule has 0 aliphatic heterocycles. The van der Waals surface area contributed by atoms with E-state index in [0.717, 1.165) is 17.9 Å². The lowest BCUT2D eigenvalue weighted by Crippen LogP contribution is -1.92. The van der Waals surface area contributed by atoms with E-state index in [4.69, 9.17) is 5.11 Å². The summed E-state index contributed by atoms with van der Waals surface area (Å²) in [6, 6.07) is 0. The monoisotopic (exact) mass is 364 g/mol. The van der Waals surface area contributed by atoms with E-state index in [1.807, 2.05) is 6.20 Å². The summed E-state index contributed by atoms with van der Waals surface area (Å²) in [4.78, 5) is 7.67. The van der Waals surface area contributed by atoms with Crippen molar-refractivity contribution >= 4 is 0 Å². The van der Waals surface area contributed by atoms with E-state index >= 15 is 0 Å². The van der Waals surface area contributed by atoms with E-state index in [9.17, 15) is 0 Å². The van der Waals surface area contributed by atoms with Crippen LogP contribution in [-0.2, 0) is 12.8 Å². The third-order valence-corrected chi connectivity index (χ3v) is 5.33. The molecule has 3 nitrogen and oxygen atoms in total. The summed E-state index contributed by atoms with van der Waals surface area (Å²) in [5, 5.41) is 8.91. The molecule has 0 aliphatic carbocycles. The molecule has 0 bridgehead atoms. The molecule has 1 rings (SSSR count). The average molecular weight is 365 g/mol. The van der Waals surface area contributed by atoms with E-state index < -0.39 is 0 Å². The second-order valence-electron chi connectivity index (χ2n) is 7.88. The van der Waals surface area contributed by atoms with Gasteiger partial charge in [0.1, 0.15) is 5.82 Å². The van der Waals surface area contributed by atoms with Crippen molar-refractivity contribution in [3.05, 3.63) is 17.7 Å². The Morgan fingerprint density at radius 2 is 1.15 bits per heavy atom. The number of hydrogen-bond donors (Lipinski definition) is 2. The molecule has 0 saturated heterocycles. The Labute approximate surface area is 162 Å². The number of H-pyrrole nitrogens is 1. The van der Waals surface area contributed by atoms with Gasteiger partial charge in [0, 0.05) is 31.3 Å². The number of aryl methyl sites for hydroxylation is 1. The van der Waals surface area contributed by atoms with Gasteiger partial charge in [0.25, 0.3) is 0 Å². The van der Waals surface area contributed by atoms with Gasteiger partial charge in [-0.15, -0.1) is 0 Å². The number of unbranched alkanes of at least 4 members (excludes halogenated alkanes) is 15. The van der Waals surface area contributed by atoms with Crippen LogP contribution in [0.15, 0.2) is 6.20 Å². The first-order valence-corrected chi connectivity index (χ1v) is 11.5. The van der Waals surface area contributed by atoms with Crippen LogP contribution in [0.2, 0.25) is 0 Å². The van der Waals surface area contributed by atoms with Crippen molar-refractivity contribution in [3.8, 4) is 0 Å². The van der Waals surface area contributed by atoms with Gasteiger partial charge in [0.2, 0.25) is 0 Å². The summed E-state index contributed by atoms with van der Waals surface area (Å²) in [7, 11) is 0. The predicted octanol–water partition coefficient (Wildman–Crippen LogP) is 6.75. The molecule has 1 aromatic rings. The number of aromatic nitrogens is 2. The zero-order valence-electron chi connectivity index (χ0n) is 17.4. The zero-order chi connectivity index (χ0) is 18.7. The molecular weight excluding hydrogens is 320 g/mol. The highest BCUT2D eigenvalue weighted by Crippen LogP contribution is 2.14. The second kappa shape index (κ2) is 17.6. The van der Waals surface area contributed by atoms with E-state index in [0.29, 0.717) is 6.42 Å². The molecule has 0 radical (unpaired) electrons. The Kier molecular flexibility index (Phi) is 15.7. The van der Waals surface area contributed by atoms with E-state index in [2.05, 4.69) is 16.9 Å². The van der Waals surface area contributed by atoms with Gasteiger partial charge in [-0.2, -0.15) is 0 Å². The fourth-order valence-corrected chi connectivity index (χ4v) is 3.62. The molecule has 0 atom stereocenters. The van der Waals surface area contributed by atoms with Gasteiger partial charge in [0.05, 0.1) is 0 Å². The Morgan fingerprint density at radius 1 is 0.692 bits per heavy atom. The molecule has 0 fully saturated rings. The average Bonchev–Trinajstić information content (AvgIpc) is 3.09. The van der Waals surface area contributed by atoms with Crippen molar-refractivity contribution in [2.75, 3.05) is 6.61 Å². The molecule has 152 valence electrons. The lowest BCUT2D eigenvalue weighted by atomic mass is 10.0. The lowest BCUT2D eigenvalue weighted by Gasteiger charge is -2.03. The van der Waals surface area contributed by atoms with Crippen LogP contribution >= 0.6 is 0 Å². The van der Waals surface area contributed by atoms with Gasteiger partial charge >= 0.3 is 0 Å². The maximum absolute atomic E-state index is 8.91. The van der Waals surface area contributed by atoms with Gasteiger partial charge in [0.15, 0.2) is 0 Å².